The van der Waals surface area contributed by atoms with Crippen molar-refractivity contribution in [2.24, 2.45) is 0 Å². The second-order valence-electron chi connectivity index (χ2n) is 1.51. The zero-order valence-electron chi connectivity index (χ0n) is 6.72. The first kappa shape index (κ1) is 9.17. The van der Waals surface area contributed by atoms with E-state index in [1.807, 2.05) is 19.9 Å². The molecule has 0 radical (unpaired) electrons. The molecule has 1 aromatic rings. The zero-order valence-corrected chi connectivity index (χ0v) is 6.72. The molecule has 0 aliphatic rings. The molecule has 0 amide bonds. The van der Waals surface area contributed by atoms with Gasteiger partial charge in [0.05, 0.1) is 12.3 Å². The summed E-state index contributed by atoms with van der Waals surface area (Å²) in [6, 6.07) is 1.88. The fraction of sp³-hybridized carbons (Fsp3) is 0.571. The van der Waals surface area contributed by atoms with Crippen molar-refractivity contribution in [3.63, 3.8) is 0 Å². The molecule has 58 valence electrons. The summed E-state index contributed by atoms with van der Waals surface area (Å²) < 4.78 is 4.81. The Balaban J connectivity index is 0.000000371. The summed E-state index contributed by atoms with van der Waals surface area (Å²) >= 11 is 0. The Morgan fingerprint density at radius 2 is 2.30 bits per heavy atom. The Morgan fingerprint density at radius 3 is 2.70 bits per heavy atom. The Kier molecular flexibility index (Phi) is 5.77. The number of hydrogen-bond donors (Lipinski definition) is 1. The van der Waals surface area contributed by atoms with Crippen molar-refractivity contribution in [3.8, 4) is 0 Å². The number of hydrogen-bond acceptors (Lipinski definition) is 2. The SMILES string of the molecule is CC.COCc1ccn[nH]1. The molecular formula is C7H14N2O. The number of rotatable bonds is 2. The first-order valence-corrected chi connectivity index (χ1v) is 3.40. The van der Waals surface area contributed by atoms with Crippen molar-refractivity contribution < 1.29 is 4.74 Å². The van der Waals surface area contributed by atoms with Crippen LogP contribution >= 0.6 is 0 Å². The monoisotopic (exact) mass is 142 g/mol. The Morgan fingerprint density at radius 1 is 1.60 bits per heavy atom. The highest BCUT2D eigenvalue weighted by atomic mass is 16.5. The predicted octanol–water partition coefficient (Wildman–Crippen LogP) is 1.58. The van der Waals surface area contributed by atoms with Gasteiger partial charge in [-0.3, -0.25) is 5.10 Å². The Hall–Kier alpha value is -0.830. The highest BCUT2D eigenvalue weighted by Crippen LogP contribution is 1.90. The number of ether oxygens (including phenoxy) is 1. The van der Waals surface area contributed by atoms with E-state index >= 15 is 0 Å². The molecule has 0 spiro atoms. The van der Waals surface area contributed by atoms with Crippen molar-refractivity contribution >= 4 is 0 Å². The average Bonchev–Trinajstić information content (AvgIpc) is 2.46. The van der Waals surface area contributed by atoms with Gasteiger partial charge in [-0.1, -0.05) is 13.8 Å². The van der Waals surface area contributed by atoms with Crippen molar-refractivity contribution in [1.82, 2.24) is 10.2 Å². The summed E-state index contributed by atoms with van der Waals surface area (Å²) in [6.07, 6.45) is 1.70. The minimum absolute atomic E-state index is 0.611. The molecule has 3 nitrogen and oxygen atoms in total. The lowest BCUT2D eigenvalue weighted by atomic mass is 10.5. The second kappa shape index (κ2) is 6.29. The van der Waals surface area contributed by atoms with Gasteiger partial charge in [-0.25, -0.2) is 0 Å². The molecule has 0 aliphatic carbocycles. The third-order valence-corrected chi connectivity index (χ3v) is 0.858. The Bertz CT molecular complexity index is 137. The van der Waals surface area contributed by atoms with E-state index in [1.165, 1.54) is 0 Å². The number of H-pyrrole nitrogens is 1. The molecular weight excluding hydrogens is 128 g/mol. The van der Waals surface area contributed by atoms with Gasteiger partial charge in [-0.15, -0.1) is 0 Å². The second-order valence-corrected chi connectivity index (χ2v) is 1.51. The van der Waals surface area contributed by atoms with Crippen LogP contribution in [0, 0.1) is 0 Å². The molecule has 0 atom stereocenters. The minimum atomic E-state index is 0.611. The van der Waals surface area contributed by atoms with Crippen molar-refractivity contribution in [2.75, 3.05) is 7.11 Å². The largest absolute Gasteiger partial charge is 0.378 e. The smallest absolute Gasteiger partial charge is 0.0878 e. The third-order valence-electron chi connectivity index (χ3n) is 0.858. The number of aromatic nitrogens is 2. The van der Waals surface area contributed by atoms with Crippen LogP contribution in [0.15, 0.2) is 12.3 Å². The van der Waals surface area contributed by atoms with E-state index < -0.39 is 0 Å². The highest BCUT2D eigenvalue weighted by molar-refractivity contribution is 4.94. The number of nitrogens with zero attached hydrogens (tertiary/aromatic N) is 1. The molecule has 0 saturated carbocycles. The van der Waals surface area contributed by atoms with Gasteiger partial charge in [-0.05, 0) is 6.07 Å². The molecule has 1 aromatic heterocycles. The third kappa shape index (κ3) is 3.25. The van der Waals surface area contributed by atoms with Gasteiger partial charge >= 0.3 is 0 Å². The van der Waals surface area contributed by atoms with Crippen LogP contribution in [-0.2, 0) is 11.3 Å². The van der Waals surface area contributed by atoms with Crippen molar-refractivity contribution in [1.29, 1.82) is 0 Å². The minimum Gasteiger partial charge on any atom is -0.378 e. The molecule has 0 aliphatic heterocycles. The van der Waals surface area contributed by atoms with Crippen LogP contribution in [0.5, 0.6) is 0 Å². The maximum Gasteiger partial charge on any atom is 0.0878 e. The first-order chi connectivity index (χ1) is 4.93. The summed E-state index contributed by atoms with van der Waals surface area (Å²) in [6.45, 7) is 4.61. The fourth-order valence-electron chi connectivity index (χ4n) is 0.521. The van der Waals surface area contributed by atoms with Crippen LogP contribution in [-0.4, -0.2) is 17.3 Å². The molecule has 0 fully saturated rings. The van der Waals surface area contributed by atoms with E-state index in [0.717, 1.165) is 5.69 Å². The maximum atomic E-state index is 4.81. The van der Waals surface area contributed by atoms with Crippen molar-refractivity contribution in [2.45, 2.75) is 20.5 Å². The average molecular weight is 142 g/mol. The lowest BCUT2D eigenvalue weighted by Crippen LogP contribution is -1.85. The van der Waals surface area contributed by atoms with Gasteiger partial charge in [0.2, 0.25) is 0 Å². The lowest BCUT2D eigenvalue weighted by Gasteiger charge is -1.89. The van der Waals surface area contributed by atoms with Crippen LogP contribution < -0.4 is 0 Å². The standard InChI is InChI=1S/C5H8N2O.C2H6/c1-8-4-5-2-3-6-7-5;1-2/h2-3H,4H2,1H3,(H,6,7);1-2H3. The fourth-order valence-corrected chi connectivity index (χ4v) is 0.521. The molecule has 0 bridgehead atoms. The summed E-state index contributed by atoms with van der Waals surface area (Å²) in [4.78, 5) is 0. The van der Waals surface area contributed by atoms with E-state index in [2.05, 4.69) is 10.2 Å². The van der Waals surface area contributed by atoms with Crippen LogP contribution in [0.25, 0.3) is 0 Å². The molecule has 1 heterocycles. The van der Waals surface area contributed by atoms with Crippen LogP contribution in [0.3, 0.4) is 0 Å². The van der Waals surface area contributed by atoms with Crippen molar-refractivity contribution in [3.05, 3.63) is 18.0 Å². The van der Waals surface area contributed by atoms with E-state index in [9.17, 15) is 0 Å². The zero-order chi connectivity index (χ0) is 7.82. The lowest BCUT2D eigenvalue weighted by molar-refractivity contribution is 0.181. The number of aromatic amines is 1. The van der Waals surface area contributed by atoms with Gasteiger partial charge < -0.3 is 4.74 Å². The number of nitrogens with one attached hydrogen (secondary N) is 1. The summed E-state index contributed by atoms with van der Waals surface area (Å²) in [5.74, 6) is 0. The molecule has 3 heteroatoms. The van der Waals surface area contributed by atoms with E-state index in [-0.39, 0.29) is 0 Å². The molecule has 10 heavy (non-hydrogen) atoms. The highest BCUT2D eigenvalue weighted by Gasteiger charge is 1.87. The van der Waals surface area contributed by atoms with E-state index in [0.29, 0.717) is 6.61 Å². The molecule has 1 rings (SSSR count). The van der Waals surface area contributed by atoms with Gasteiger partial charge in [0.1, 0.15) is 0 Å². The summed E-state index contributed by atoms with van der Waals surface area (Å²) in [7, 11) is 1.65. The van der Waals surface area contributed by atoms with Gasteiger partial charge in [-0.2, -0.15) is 5.10 Å². The van der Waals surface area contributed by atoms with Crippen LogP contribution in [0.4, 0.5) is 0 Å². The molecule has 0 saturated heterocycles. The topological polar surface area (TPSA) is 37.9 Å². The molecule has 0 unspecified atom stereocenters. The maximum absolute atomic E-state index is 4.81. The van der Waals surface area contributed by atoms with E-state index in [4.69, 9.17) is 4.74 Å². The Labute approximate surface area is 61.4 Å². The summed E-state index contributed by atoms with van der Waals surface area (Å²) in [5.41, 5.74) is 1.01. The van der Waals surface area contributed by atoms with E-state index in [1.54, 1.807) is 13.3 Å². The molecule has 1 N–H and O–H groups in total. The van der Waals surface area contributed by atoms with Crippen LogP contribution in [0.1, 0.15) is 19.5 Å². The van der Waals surface area contributed by atoms with Gasteiger partial charge in [0.25, 0.3) is 0 Å². The van der Waals surface area contributed by atoms with Gasteiger partial charge in [0.15, 0.2) is 0 Å². The van der Waals surface area contributed by atoms with Gasteiger partial charge in [0, 0.05) is 13.3 Å². The molecule has 0 aromatic carbocycles. The number of methoxy groups -OCH3 is 1. The predicted molar refractivity (Wildman–Crippen MR) is 40.6 cm³/mol. The normalized spacial score (nSPS) is 8.30. The van der Waals surface area contributed by atoms with Crippen LogP contribution in [0.2, 0.25) is 0 Å². The summed E-state index contributed by atoms with van der Waals surface area (Å²) in [5, 5.41) is 6.50. The first-order valence-electron chi connectivity index (χ1n) is 3.40. The quantitative estimate of drug-likeness (QED) is 0.680.